The van der Waals surface area contributed by atoms with Gasteiger partial charge in [-0.25, -0.2) is 5.84 Å². The maximum Gasteiger partial charge on any atom is 0.392 e. The second-order valence-electron chi connectivity index (χ2n) is 3.34. The summed E-state index contributed by atoms with van der Waals surface area (Å²) in [7, 11) is 0. The summed E-state index contributed by atoms with van der Waals surface area (Å²) in [5.41, 5.74) is 2.50. The summed E-state index contributed by atoms with van der Waals surface area (Å²) in [4.78, 5) is 7.72. The number of halogens is 3. The van der Waals surface area contributed by atoms with E-state index in [0.717, 1.165) is 0 Å². The molecule has 0 unspecified atom stereocenters. The number of anilines is 1. The first-order valence-electron chi connectivity index (χ1n) is 4.87. The molecule has 0 saturated heterocycles. The molecule has 0 aliphatic rings. The molecule has 10 heteroatoms. The summed E-state index contributed by atoms with van der Waals surface area (Å²) in [6.07, 6.45) is -3.99. The number of ether oxygens (including phenoxy) is 1. The van der Waals surface area contributed by atoms with Crippen LogP contribution in [0.3, 0.4) is 0 Å². The van der Waals surface area contributed by atoms with Crippen molar-refractivity contribution in [3.8, 4) is 5.88 Å². The van der Waals surface area contributed by atoms with E-state index in [1.54, 1.807) is 0 Å². The lowest BCUT2D eigenvalue weighted by Crippen LogP contribution is -2.15. The van der Waals surface area contributed by atoms with Gasteiger partial charge < -0.3 is 4.74 Å². The van der Waals surface area contributed by atoms with Crippen LogP contribution in [-0.2, 0) is 0 Å². The summed E-state index contributed by atoms with van der Waals surface area (Å²) in [6, 6.07) is 0. The number of nitrogens with one attached hydrogen (secondary N) is 2. The predicted molar refractivity (Wildman–Crippen MR) is 55.7 cm³/mol. The summed E-state index contributed by atoms with van der Waals surface area (Å²) >= 11 is 0. The zero-order valence-electron chi connectivity index (χ0n) is 8.95. The Balaban J connectivity index is 2.18. The van der Waals surface area contributed by atoms with Gasteiger partial charge in [0, 0.05) is 0 Å². The number of rotatable bonds is 4. The molecule has 0 fully saturated rings. The molecular formula is C8H9F3N6O. The normalized spacial score (nSPS) is 11.8. The number of alkyl halides is 3. The van der Waals surface area contributed by atoms with Gasteiger partial charge in [0.05, 0.1) is 19.2 Å². The van der Waals surface area contributed by atoms with Crippen molar-refractivity contribution < 1.29 is 17.9 Å². The van der Waals surface area contributed by atoms with Crippen molar-refractivity contribution in [1.82, 2.24) is 20.2 Å². The number of hydrazine groups is 1. The Morgan fingerprint density at radius 2 is 2.17 bits per heavy atom. The van der Waals surface area contributed by atoms with E-state index in [-0.39, 0.29) is 11.8 Å². The lowest BCUT2D eigenvalue weighted by atomic mass is 10.4. The fourth-order valence-electron chi connectivity index (χ4n) is 1.25. The minimum Gasteiger partial charge on any atom is -0.477 e. The van der Waals surface area contributed by atoms with Crippen molar-refractivity contribution in [3.05, 3.63) is 6.20 Å². The molecule has 0 aliphatic heterocycles. The van der Waals surface area contributed by atoms with E-state index in [1.165, 1.54) is 6.20 Å². The van der Waals surface area contributed by atoms with Gasteiger partial charge in [0.25, 0.3) is 0 Å². The third kappa shape index (κ3) is 2.77. The molecule has 0 aliphatic carbocycles. The lowest BCUT2D eigenvalue weighted by Gasteiger charge is -2.09. The molecule has 2 heterocycles. The summed E-state index contributed by atoms with van der Waals surface area (Å²) in [6.45, 7) is -0.537. The van der Waals surface area contributed by atoms with Crippen molar-refractivity contribution >= 4 is 17.0 Å². The second-order valence-corrected chi connectivity index (χ2v) is 3.34. The van der Waals surface area contributed by atoms with Crippen molar-refractivity contribution in [3.63, 3.8) is 0 Å². The van der Waals surface area contributed by atoms with E-state index < -0.39 is 19.2 Å². The number of H-pyrrole nitrogens is 1. The fraction of sp³-hybridized carbons (Fsp3) is 0.375. The Hall–Kier alpha value is -2.10. The Morgan fingerprint density at radius 1 is 1.39 bits per heavy atom. The number of nitrogen functional groups attached to an aromatic ring is 1. The van der Waals surface area contributed by atoms with Crippen LogP contribution in [0.25, 0.3) is 11.0 Å². The number of nitrogens with zero attached hydrogens (tertiary/aromatic N) is 3. The van der Waals surface area contributed by atoms with E-state index in [4.69, 9.17) is 10.6 Å². The highest BCUT2D eigenvalue weighted by Crippen LogP contribution is 2.24. The van der Waals surface area contributed by atoms with Crippen LogP contribution in [0.2, 0.25) is 0 Å². The molecule has 0 spiro atoms. The monoisotopic (exact) mass is 262 g/mol. The van der Waals surface area contributed by atoms with Gasteiger partial charge in [0.2, 0.25) is 11.8 Å². The lowest BCUT2D eigenvalue weighted by molar-refractivity contribution is -0.139. The van der Waals surface area contributed by atoms with Crippen LogP contribution in [0.15, 0.2) is 6.20 Å². The van der Waals surface area contributed by atoms with Crippen LogP contribution >= 0.6 is 0 Å². The van der Waals surface area contributed by atoms with Crippen LogP contribution in [-0.4, -0.2) is 32.9 Å². The first-order valence-corrected chi connectivity index (χ1v) is 4.87. The maximum atomic E-state index is 12.0. The third-order valence-corrected chi connectivity index (χ3v) is 2.03. The Bertz CT molecular complexity index is 539. The highest BCUT2D eigenvalue weighted by molar-refractivity contribution is 5.80. The van der Waals surface area contributed by atoms with E-state index in [2.05, 4.69) is 25.6 Å². The average molecular weight is 262 g/mol. The van der Waals surface area contributed by atoms with Crippen LogP contribution in [0.1, 0.15) is 6.42 Å². The van der Waals surface area contributed by atoms with Gasteiger partial charge in [0.1, 0.15) is 5.39 Å². The maximum absolute atomic E-state index is 12.0. The Kier molecular flexibility index (Phi) is 3.19. The summed E-state index contributed by atoms with van der Waals surface area (Å²) in [5, 5.41) is 6.62. The number of hydrogen-bond acceptors (Lipinski definition) is 6. The minimum absolute atomic E-state index is 0.00838. The average Bonchev–Trinajstić information content (AvgIpc) is 2.75. The molecule has 0 bridgehead atoms. The summed E-state index contributed by atoms with van der Waals surface area (Å²) < 4.78 is 41.0. The highest BCUT2D eigenvalue weighted by atomic mass is 19.4. The molecule has 4 N–H and O–H groups in total. The van der Waals surface area contributed by atoms with Crippen LogP contribution in [0.5, 0.6) is 5.88 Å². The number of aromatic nitrogens is 4. The molecule has 0 saturated carbocycles. The molecule has 7 nitrogen and oxygen atoms in total. The molecule has 0 atom stereocenters. The van der Waals surface area contributed by atoms with E-state index in [0.29, 0.717) is 11.0 Å². The van der Waals surface area contributed by atoms with E-state index in [9.17, 15) is 13.2 Å². The predicted octanol–water partition coefficient (Wildman–Crippen LogP) is 0.970. The van der Waals surface area contributed by atoms with Crippen LogP contribution < -0.4 is 16.0 Å². The number of hydrogen-bond donors (Lipinski definition) is 3. The smallest absolute Gasteiger partial charge is 0.392 e. The van der Waals surface area contributed by atoms with Crippen LogP contribution in [0, 0.1) is 0 Å². The zero-order chi connectivity index (χ0) is 13.2. The molecule has 0 amide bonds. The van der Waals surface area contributed by atoms with Crippen molar-refractivity contribution in [2.24, 2.45) is 5.84 Å². The molecule has 0 aromatic carbocycles. The van der Waals surface area contributed by atoms with Gasteiger partial charge in [-0.2, -0.15) is 28.2 Å². The SMILES string of the molecule is NNc1nc(OCCC(F)(F)F)c2cn[nH]c2n1. The number of nitrogens with two attached hydrogens (primary N) is 1. The number of fused-ring (bicyclic) bond motifs is 1. The molecule has 18 heavy (non-hydrogen) atoms. The first-order chi connectivity index (χ1) is 8.49. The third-order valence-electron chi connectivity index (χ3n) is 2.03. The van der Waals surface area contributed by atoms with E-state index in [1.807, 2.05) is 0 Å². The van der Waals surface area contributed by atoms with Gasteiger partial charge in [-0.15, -0.1) is 0 Å². The number of aromatic amines is 1. The van der Waals surface area contributed by atoms with E-state index >= 15 is 0 Å². The first kappa shape index (κ1) is 12.4. The topological polar surface area (TPSA) is 102 Å². The molecule has 98 valence electrons. The zero-order valence-corrected chi connectivity index (χ0v) is 8.95. The Labute approximate surface area is 98.5 Å². The van der Waals surface area contributed by atoms with Crippen molar-refractivity contribution in [2.75, 3.05) is 12.0 Å². The molecule has 0 radical (unpaired) electrons. The minimum atomic E-state index is -4.28. The van der Waals surface area contributed by atoms with Crippen molar-refractivity contribution in [1.29, 1.82) is 0 Å². The largest absolute Gasteiger partial charge is 0.477 e. The summed E-state index contributed by atoms with van der Waals surface area (Å²) in [5.74, 6) is 5.15. The molecular weight excluding hydrogens is 253 g/mol. The van der Waals surface area contributed by atoms with Gasteiger partial charge in [-0.05, 0) is 0 Å². The fourth-order valence-corrected chi connectivity index (χ4v) is 1.25. The highest BCUT2D eigenvalue weighted by Gasteiger charge is 2.27. The molecule has 2 rings (SSSR count). The standard InChI is InChI=1S/C8H9F3N6O/c9-8(10,11)1-2-18-6-4-3-13-17-5(4)14-7(15-6)16-12/h3H,1-2,12H2,(H2,13,14,15,16,17). The quantitative estimate of drug-likeness (QED) is 0.560. The van der Waals surface area contributed by atoms with Crippen molar-refractivity contribution in [2.45, 2.75) is 12.6 Å². The van der Waals surface area contributed by atoms with Gasteiger partial charge in [-0.3, -0.25) is 10.5 Å². The molecule has 2 aromatic heterocycles. The molecule has 2 aromatic rings. The van der Waals surface area contributed by atoms with Gasteiger partial charge in [0.15, 0.2) is 5.65 Å². The van der Waals surface area contributed by atoms with Gasteiger partial charge >= 0.3 is 6.18 Å². The van der Waals surface area contributed by atoms with Crippen LogP contribution in [0.4, 0.5) is 19.1 Å². The van der Waals surface area contributed by atoms with Gasteiger partial charge in [-0.1, -0.05) is 0 Å². The Morgan fingerprint density at radius 3 is 2.83 bits per heavy atom. The second kappa shape index (κ2) is 4.64.